The van der Waals surface area contributed by atoms with Gasteiger partial charge in [0.15, 0.2) is 0 Å². The van der Waals surface area contributed by atoms with Crippen molar-refractivity contribution < 1.29 is 4.79 Å². The monoisotopic (exact) mass is 213 g/mol. The molecule has 0 atom stereocenters. The summed E-state index contributed by atoms with van der Waals surface area (Å²) in [5, 5.41) is 0. The molecule has 0 bridgehead atoms. The summed E-state index contributed by atoms with van der Waals surface area (Å²) in [5.41, 5.74) is 0. The van der Waals surface area contributed by atoms with Gasteiger partial charge in [-0.1, -0.05) is 0 Å². The van der Waals surface area contributed by atoms with E-state index in [2.05, 4.69) is 23.9 Å². The number of carbonyl (C=O) groups is 1. The first-order valence-electron chi connectivity index (χ1n) is 5.70. The van der Waals surface area contributed by atoms with Crippen LogP contribution in [0.1, 0.15) is 12.8 Å². The van der Waals surface area contributed by atoms with Crippen LogP contribution in [0.2, 0.25) is 0 Å². The van der Waals surface area contributed by atoms with E-state index in [0.717, 1.165) is 26.2 Å². The second-order valence-corrected chi connectivity index (χ2v) is 4.63. The molecular weight excluding hydrogens is 190 g/mol. The smallest absolute Gasteiger partial charge is 0.236 e. The lowest BCUT2D eigenvalue weighted by molar-refractivity contribution is -0.131. The van der Waals surface area contributed by atoms with Gasteiger partial charge in [0.25, 0.3) is 0 Å². The molecule has 0 radical (unpaired) electrons. The summed E-state index contributed by atoms with van der Waals surface area (Å²) in [6, 6.07) is 0. The maximum absolute atomic E-state index is 11.8. The average molecular weight is 213 g/mol. The van der Waals surface area contributed by atoms with E-state index in [1.807, 2.05) is 11.9 Å². The van der Waals surface area contributed by atoms with Crippen LogP contribution in [0.5, 0.6) is 0 Å². The molecule has 88 valence electrons. The number of likely N-dealkylation sites (N-methyl/N-ethyl adjacent to an activating group) is 2. The SMILES string of the molecule is CN(C)CCN(C)CC(=O)N1CCCC1. The second kappa shape index (κ2) is 6.08. The minimum Gasteiger partial charge on any atom is -0.342 e. The van der Waals surface area contributed by atoms with Gasteiger partial charge in [-0.05, 0) is 34.0 Å². The van der Waals surface area contributed by atoms with Gasteiger partial charge in [-0.2, -0.15) is 0 Å². The van der Waals surface area contributed by atoms with Crippen LogP contribution in [0.4, 0.5) is 0 Å². The first-order chi connectivity index (χ1) is 7.09. The molecule has 0 N–H and O–H groups in total. The summed E-state index contributed by atoms with van der Waals surface area (Å²) in [5.74, 6) is 0.286. The van der Waals surface area contributed by atoms with Crippen molar-refractivity contribution in [1.82, 2.24) is 14.7 Å². The van der Waals surface area contributed by atoms with Gasteiger partial charge in [0, 0.05) is 26.2 Å². The summed E-state index contributed by atoms with van der Waals surface area (Å²) in [4.78, 5) is 18.0. The van der Waals surface area contributed by atoms with E-state index >= 15 is 0 Å². The molecule has 1 fully saturated rings. The van der Waals surface area contributed by atoms with E-state index in [1.165, 1.54) is 12.8 Å². The minimum absolute atomic E-state index is 0.286. The molecule has 0 aromatic rings. The molecule has 1 heterocycles. The van der Waals surface area contributed by atoms with Gasteiger partial charge in [-0.3, -0.25) is 9.69 Å². The number of rotatable bonds is 5. The molecule has 1 aliphatic heterocycles. The van der Waals surface area contributed by atoms with Crippen molar-refractivity contribution in [2.45, 2.75) is 12.8 Å². The summed E-state index contributed by atoms with van der Waals surface area (Å²) in [7, 11) is 6.11. The zero-order valence-electron chi connectivity index (χ0n) is 10.2. The Balaban J connectivity index is 2.18. The minimum atomic E-state index is 0.286. The molecular formula is C11H23N3O. The van der Waals surface area contributed by atoms with Crippen LogP contribution in [-0.2, 0) is 4.79 Å². The quantitative estimate of drug-likeness (QED) is 0.648. The maximum Gasteiger partial charge on any atom is 0.236 e. The van der Waals surface area contributed by atoms with Gasteiger partial charge in [-0.25, -0.2) is 0 Å². The highest BCUT2D eigenvalue weighted by Crippen LogP contribution is 2.07. The fourth-order valence-corrected chi connectivity index (χ4v) is 1.75. The molecule has 1 amide bonds. The third-order valence-corrected chi connectivity index (χ3v) is 2.79. The molecule has 4 heteroatoms. The van der Waals surface area contributed by atoms with E-state index in [9.17, 15) is 4.79 Å². The van der Waals surface area contributed by atoms with E-state index in [-0.39, 0.29) is 5.91 Å². The first kappa shape index (κ1) is 12.5. The van der Waals surface area contributed by atoms with E-state index in [0.29, 0.717) is 6.54 Å². The van der Waals surface area contributed by atoms with E-state index in [4.69, 9.17) is 0 Å². The Bertz CT molecular complexity index is 200. The Morgan fingerprint density at radius 3 is 2.27 bits per heavy atom. The number of hydrogen-bond acceptors (Lipinski definition) is 3. The van der Waals surface area contributed by atoms with Crippen molar-refractivity contribution in [1.29, 1.82) is 0 Å². The Kier molecular flexibility index (Phi) is 5.05. The lowest BCUT2D eigenvalue weighted by Crippen LogP contribution is -2.39. The highest BCUT2D eigenvalue weighted by Gasteiger charge is 2.18. The average Bonchev–Trinajstić information content (AvgIpc) is 2.67. The molecule has 0 saturated carbocycles. The summed E-state index contributed by atoms with van der Waals surface area (Å²) >= 11 is 0. The molecule has 0 spiro atoms. The van der Waals surface area contributed by atoms with Crippen LogP contribution in [0.3, 0.4) is 0 Å². The predicted octanol–water partition coefficient (Wildman–Crippen LogP) is 0.102. The zero-order chi connectivity index (χ0) is 11.3. The van der Waals surface area contributed by atoms with Crippen molar-refractivity contribution in [3.63, 3.8) is 0 Å². The van der Waals surface area contributed by atoms with Gasteiger partial charge < -0.3 is 9.80 Å². The van der Waals surface area contributed by atoms with Gasteiger partial charge in [-0.15, -0.1) is 0 Å². The van der Waals surface area contributed by atoms with Gasteiger partial charge in [0.2, 0.25) is 5.91 Å². The Hall–Kier alpha value is -0.610. The van der Waals surface area contributed by atoms with Crippen LogP contribution in [-0.4, -0.2) is 74.5 Å². The number of amides is 1. The highest BCUT2D eigenvalue weighted by molar-refractivity contribution is 5.78. The molecule has 15 heavy (non-hydrogen) atoms. The van der Waals surface area contributed by atoms with Crippen LogP contribution in [0.15, 0.2) is 0 Å². The molecule has 1 saturated heterocycles. The molecule has 0 unspecified atom stereocenters. The largest absolute Gasteiger partial charge is 0.342 e. The van der Waals surface area contributed by atoms with Crippen molar-refractivity contribution in [3.05, 3.63) is 0 Å². The number of hydrogen-bond donors (Lipinski definition) is 0. The third-order valence-electron chi connectivity index (χ3n) is 2.79. The Labute approximate surface area is 92.8 Å². The second-order valence-electron chi connectivity index (χ2n) is 4.63. The summed E-state index contributed by atoms with van der Waals surface area (Å²) in [6.07, 6.45) is 2.35. The number of carbonyl (C=O) groups excluding carboxylic acids is 1. The standard InChI is InChI=1S/C11H23N3O/c1-12(2)8-9-13(3)10-11(15)14-6-4-5-7-14/h4-10H2,1-3H3. The van der Waals surface area contributed by atoms with Crippen molar-refractivity contribution in [3.8, 4) is 0 Å². The highest BCUT2D eigenvalue weighted by atomic mass is 16.2. The van der Waals surface area contributed by atoms with Crippen molar-refractivity contribution in [2.24, 2.45) is 0 Å². The first-order valence-corrected chi connectivity index (χ1v) is 5.70. The van der Waals surface area contributed by atoms with Gasteiger partial charge in [0.05, 0.1) is 6.54 Å². The van der Waals surface area contributed by atoms with Crippen LogP contribution in [0.25, 0.3) is 0 Å². The molecule has 0 aromatic heterocycles. The predicted molar refractivity (Wildman–Crippen MR) is 61.9 cm³/mol. The summed E-state index contributed by atoms with van der Waals surface area (Å²) in [6.45, 7) is 4.44. The zero-order valence-corrected chi connectivity index (χ0v) is 10.2. The van der Waals surface area contributed by atoms with E-state index < -0.39 is 0 Å². The molecule has 4 nitrogen and oxygen atoms in total. The normalized spacial score (nSPS) is 16.7. The maximum atomic E-state index is 11.8. The number of nitrogens with zero attached hydrogens (tertiary/aromatic N) is 3. The van der Waals surface area contributed by atoms with Gasteiger partial charge in [0.1, 0.15) is 0 Å². The molecule has 0 aliphatic carbocycles. The third kappa shape index (κ3) is 4.62. The molecule has 0 aromatic carbocycles. The topological polar surface area (TPSA) is 26.8 Å². The van der Waals surface area contributed by atoms with Crippen LogP contribution >= 0.6 is 0 Å². The van der Waals surface area contributed by atoms with Gasteiger partial charge >= 0.3 is 0 Å². The fourth-order valence-electron chi connectivity index (χ4n) is 1.75. The molecule has 1 rings (SSSR count). The van der Waals surface area contributed by atoms with Crippen molar-refractivity contribution in [2.75, 3.05) is 53.9 Å². The lowest BCUT2D eigenvalue weighted by Gasteiger charge is -2.22. The van der Waals surface area contributed by atoms with Crippen LogP contribution < -0.4 is 0 Å². The summed E-state index contributed by atoms with van der Waals surface area (Å²) < 4.78 is 0. The lowest BCUT2D eigenvalue weighted by atomic mass is 10.4. The molecule has 1 aliphatic rings. The van der Waals surface area contributed by atoms with Crippen molar-refractivity contribution >= 4 is 5.91 Å². The number of likely N-dealkylation sites (tertiary alicyclic amines) is 1. The fraction of sp³-hybridized carbons (Fsp3) is 0.909. The van der Waals surface area contributed by atoms with E-state index in [1.54, 1.807) is 0 Å². The Morgan fingerprint density at radius 2 is 1.73 bits per heavy atom. The van der Waals surface area contributed by atoms with Crippen LogP contribution in [0, 0.1) is 0 Å². The Morgan fingerprint density at radius 1 is 1.13 bits per heavy atom.